The summed E-state index contributed by atoms with van der Waals surface area (Å²) in [6.07, 6.45) is 1.56. The van der Waals surface area contributed by atoms with Gasteiger partial charge in [-0.1, -0.05) is 11.3 Å². The average molecular weight is 435 g/mol. The normalized spacial score (nSPS) is 11.1. The molecule has 4 aromatic rings. The number of rotatable bonds is 6. The number of thiazole rings is 1. The summed E-state index contributed by atoms with van der Waals surface area (Å²) in [7, 11) is 3.15. The second kappa shape index (κ2) is 8.93. The number of carbonyl (C=O) groups is 1. The SMILES string of the molecule is COc1ccc(/C=N/N(C(=O)c2ccc(OC)cc2)c2nc3ccc(F)cc3s2)cc1. The number of methoxy groups -OCH3 is 2. The summed E-state index contributed by atoms with van der Waals surface area (Å²) < 4.78 is 24.6. The van der Waals surface area contributed by atoms with Crippen molar-refractivity contribution < 1.29 is 18.7 Å². The lowest BCUT2D eigenvalue weighted by molar-refractivity contribution is 0.0988. The van der Waals surface area contributed by atoms with Crippen molar-refractivity contribution in [2.75, 3.05) is 19.2 Å². The number of aromatic nitrogens is 1. The summed E-state index contributed by atoms with van der Waals surface area (Å²) in [5.41, 5.74) is 1.78. The number of halogens is 1. The highest BCUT2D eigenvalue weighted by molar-refractivity contribution is 7.22. The number of fused-ring (bicyclic) bond motifs is 1. The first kappa shape index (κ1) is 20.5. The number of carbonyl (C=O) groups excluding carboxylic acids is 1. The van der Waals surface area contributed by atoms with Crippen molar-refractivity contribution in [1.82, 2.24) is 4.98 Å². The zero-order valence-electron chi connectivity index (χ0n) is 16.8. The molecule has 0 unspecified atom stereocenters. The van der Waals surface area contributed by atoms with E-state index in [2.05, 4.69) is 10.1 Å². The van der Waals surface area contributed by atoms with E-state index in [1.807, 2.05) is 12.1 Å². The van der Waals surface area contributed by atoms with Gasteiger partial charge in [-0.15, -0.1) is 0 Å². The molecule has 0 aliphatic carbocycles. The van der Waals surface area contributed by atoms with Crippen molar-refractivity contribution in [2.45, 2.75) is 0 Å². The van der Waals surface area contributed by atoms with Crippen LogP contribution < -0.4 is 14.5 Å². The van der Waals surface area contributed by atoms with Gasteiger partial charge >= 0.3 is 0 Å². The van der Waals surface area contributed by atoms with Crippen LogP contribution in [0.2, 0.25) is 0 Å². The summed E-state index contributed by atoms with van der Waals surface area (Å²) in [5, 5.41) is 5.95. The molecule has 1 heterocycles. The van der Waals surface area contributed by atoms with Crippen molar-refractivity contribution in [3.63, 3.8) is 0 Å². The number of benzene rings is 3. The molecule has 156 valence electrons. The molecule has 4 rings (SSSR count). The number of amides is 1. The van der Waals surface area contributed by atoms with Crippen molar-refractivity contribution in [3.8, 4) is 11.5 Å². The van der Waals surface area contributed by atoms with E-state index in [1.165, 1.54) is 28.5 Å². The molecule has 0 atom stereocenters. The van der Waals surface area contributed by atoms with Gasteiger partial charge in [0, 0.05) is 5.56 Å². The van der Waals surface area contributed by atoms with Gasteiger partial charge in [0.15, 0.2) is 0 Å². The summed E-state index contributed by atoms with van der Waals surface area (Å²) in [6.45, 7) is 0. The van der Waals surface area contributed by atoms with Gasteiger partial charge in [-0.05, 0) is 72.3 Å². The molecule has 8 heteroatoms. The minimum atomic E-state index is -0.369. The molecular weight excluding hydrogens is 417 g/mol. The van der Waals surface area contributed by atoms with Gasteiger partial charge in [-0.3, -0.25) is 4.79 Å². The lowest BCUT2D eigenvalue weighted by atomic mass is 10.2. The fourth-order valence-corrected chi connectivity index (χ4v) is 3.78. The van der Waals surface area contributed by atoms with Gasteiger partial charge in [-0.2, -0.15) is 10.1 Å². The predicted octanol–water partition coefficient (Wildman–Crippen LogP) is 5.13. The summed E-state index contributed by atoms with van der Waals surface area (Å²) in [5.74, 6) is 0.626. The zero-order valence-corrected chi connectivity index (χ0v) is 17.6. The molecule has 0 N–H and O–H groups in total. The van der Waals surface area contributed by atoms with Crippen molar-refractivity contribution in [3.05, 3.63) is 83.7 Å². The quantitative estimate of drug-likeness (QED) is 0.311. The Kier molecular flexibility index (Phi) is 5.90. The Morgan fingerprint density at radius 2 is 1.65 bits per heavy atom. The van der Waals surface area contributed by atoms with Crippen LogP contribution in [0.4, 0.5) is 9.52 Å². The summed E-state index contributed by atoms with van der Waals surface area (Å²) >= 11 is 1.19. The molecule has 3 aromatic carbocycles. The first-order valence-corrected chi connectivity index (χ1v) is 10.1. The third-order valence-corrected chi connectivity index (χ3v) is 5.48. The van der Waals surface area contributed by atoms with E-state index < -0.39 is 0 Å². The van der Waals surface area contributed by atoms with Crippen molar-refractivity contribution >= 4 is 38.8 Å². The smallest absolute Gasteiger partial charge is 0.280 e. The first-order chi connectivity index (χ1) is 15.1. The predicted molar refractivity (Wildman–Crippen MR) is 120 cm³/mol. The second-order valence-corrected chi connectivity index (χ2v) is 7.48. The number of hydrogen-bond donors (Lipinski definition) is 0. The van der Waals surface area contributed by atoms with Gasteiger partial charge in [0.2, 0.25) is 5.13 Å². The van der Waals surface area contributed by atoms with E-state index in [-0.39, 0.29) is 11.7 Å². The Hall–Kier alpha value is -3.78. The van der Waals surface area contributed by atoms with E-state index in [4.69, 9.17) is 9.47 Å². The molecule has 1 amide bonds. The van der Waals surface area contributed by atoms with E-state index in [0.717, 1.165) is 11.3 Å². The average Bonchev–Trinajstić information content (AvgIpc) is 3.22. The van der Waals surface area contributed by atoms with E-state index >= 15 is 0 Å². The van der Waals surface area contributed by atoms with Crippen LogP contribution in [0.5, 0.6) is 11.5 Å². The van der Waals surface area contributed by atoms with E-state index in [9.17, 15) is 9.18 Å². The number of hydrazone groups is 1. The van der Waals surface area contributed by atoms with Crippen LogP contribution in [0, 0.1) is 5.82 Å². The highest BCUT2D eigenvalue weighted by Crippen LogP contribution is 2.30. The fraction of sp³-hybridized carbons (Fsp3) is 0.0870. The minimum Gasteiger partial charge on any atom is -0.497 e. The lowest BCUT2D eigenvalue weighted by Crippen LogP contribution is -2.25. The molecule has 0 bridgehead atoms. The molecule has 0 spiro atoms. The maximum atomic E-state index is 13.6. The van der Waals surface area contributed by atoms with E-state index in [1.54, 1.807) is 62.9 Å². The molecular formula is C23H18FN3O3S. The van der Waals surface area contributed by atoms with Crippen LogP contribution in [0.1, 0.15) is 15.9 Å². The molecule has 0 radical (unpaired) electrons. The Labute approximate surface area is 182 Å². The zero-order chi connectivity index (χ0) is 21.8. The molecule has 0 aliphatic rings. The second-order valence-electron chi connectivity index (χ2n) is 6.47. The van der Waals surface area contributed by atoms with Gasteiger partial charge in [0.05, 0.1) is 30.7 Å². The van der Waals surface area contributed by atoms with Gasteiger partial charge < -0.3 is 9.47 Å². The number of ether oxygens (including phenoxy) is 2. The van der Waals surface area contributed by atoms with Crippen LogP contribution in [0.3, 0.4) is 0 Å². The number of hydrogen-bond acceptors (Lipinski definition) is 6. The van der Waals surface area contributed by atoms with Crippen LogP contribution in [0.25, 0.3) is 10.2 Å². The van der Waals surface area contributed by atoms with Crippen LogP contribution in [-0.2, 0) is 0 Å². The van der Waals surface area contributed by atoms with Crippen LogP contribution >= 0.6 is 11.3 Å². The van der Waals surface area contributed by atoms with Crippen LogP contribution in [-0.4, -0.2) is 31.3 Å². The Bertz CT molecular complexity index is 1240. The monoisotopic (exact) mass is 435 g/mol. The van der Waals surface area contributed by atoms with Gasteiger partial charge in [-0.25, -0.2) is 9.37 Å². The molecule has 6 nitrogen and oxygen atoms in total. The largest absolute Gasteiger partial charge is 0.497 e. The van der Waals surface area contributed by atoms with Gasteiger partial charge in [0.1, 0.15) is 17.3 Å². The fourth-order valence-electron chi connectivity index (χ4n) is 2.84. The molecule has 0 saturated carbocycles. The standard InChI is InChI=1S/C23H18FN3O3S/c1-29-18-8-3-15(4-9-18)14-25-27(22(28)16-5-10-19(30-2)11-6-16)23-26-20-12-7-17(24)13-21(20)31-23/h3-14H,1-2H3/b25-14+. The molecule has 0 saturated heterocycles. The van der Waals surface area contributed by atoms with Crippen molar-refractivity contribution in [2.24, 2.45) is 5.10 Å². The molecule has 0 aliphatic heterocycles. The Morgan fingerprint density at radius 1 is 1.00 bits per heavy atom. The summed E-state index contributed by atoms with van der Waals surface area (Å²) in [6, 6.07) is 18.3. The maximum absolute atomic E-state index is 13.6. The van der Waals surface area contributed by atoms with E-state index in [0.29, 0.717) is 26.7 Å². The molecule has 0 fully saturated rings. The molecule has 1 aromatic heterocycles. The first-order valence-electron chi connectivity index (χ1n) is 9.30. The van der Waals surface area contributed by atoms with Gasteiger partial charge in [0.25, 0.3) is 5.91 Å². The number of nitrogens with zero attached hydrogens (tertiary/aromatic N) is 3. The number of anilines is 1. The maximum Gasteiger partial charge on any atom is 0.280 e. The third kappa shape index (κ3) is 4.54. The Balaban J connectivity index is 1.72. The molecule has 31 heavy (non-hydrogen) atoms. The Morgan fingerprint density at radius 3 is 2.29 bits per heavy atom. The highest BCUT2D eigenvalue weighted by Gasteiger charge is 2.21. The third-order valence-electron chi connectivity index (χ3n) is 4.49. The van der Waals surface area contributed by atoms with Crippen LogP contribution in [0.15, 0.2) is 71.8 Å². The van der Waals surface area contributed by atoms with Crippen molar-refractivity contribution in [1.29, 1.82) is 0 Å². The topological polar surface area (TPSA) is 64.0 Å². The highest BCUT2D eigenvalue weighted by atomic mass is 32.1. The minimum absolute atomic E-state index is 0.339. The lowest BCUT2D eigenvalue weighted by Gasteiger charge is -2.14. The summed E-state index contributed by atoms with van der Waals surface area (Å²) in [4.78, 5) is 17.7.